The van der Waals surface area contributed by atoms with Crippen LogP contribution in [0.1, 0.15) is 22.5 Å². The average Bonchev–Trinajstić information content (AvgIpc) is 2.78. The van der Waals surface area contributed by atoms with Gasteiger partial charge in [0.2, 0.25) is 0 Å². The number of aromatic nitrogens is 2. The number of hydrogen-bond acceptors (Lipinski definition) is 3. The van der Waals surface area contributed by atoms with Gasteiger partial charge in [-0.25, -0.2) is 4.39 Å². The minimum atomic E-state index is -0.189. The SMILES string of the molecule is C=CCN(Cc1ccccc1F)Cc1c(C)nn(CCO)c1C. The van der Waals surface area contributed by atoms with Crippen LogP contribution in [-0.4, -0.2) is 32.9 Å². The summed E-state index contributed by atoms with van der Waals surface area (Å²) in [6.07, 6.45) is 1.82. The van der Waals surface area contributed by atoms with E-state index in [-0.39, 0.29) is 12.4 Å². The zero-order valence-corrected chi connectivity index (χ0v) is 13.8. The van der Waals surface area contributed by atoms with Crippen molar-refractivity contribution in [2.45, 2.75) is 33.5 Å². The lowest BCUT2D eigenvalue weighted by Crippen LogP contribution is -2.24. The van der Waals surface area contributed by atoms with E-state index in [0.717, 1.165) is 17.0 Å². The van der Waals surface area contributed by atoms with Crippen molar-refractivity contribution in [3.8, 4) is 0 Å². The van der Waals surface area contributed by atoms with E-state index in [0.29, 0.717) is 31.7 Å². The fourth-order valence-electron chi connectivity index (χ4n) is 2.73. The summed E-state index contributed by atoms with van der Waals surface area (Å²) in [5.41, 5.74) is 3.78. The standard InChI is InChI=1S/C18H24FN3O/c1-4-9-21(12-16-7-5-6-8-18(16)19)13-17-14(2)20-22(10-11-23)15(17)3/h4-8,23H,1,9-13H2,2-3H3. The van der Waals surface area contributed by atoms with Gasteiger partial charge in [0.1, 0.15) is 5.82 Å². The van der Waals surface area contributed by atoms with Crippen LogP contribution in [0.15, 0.2) is 36.9 Å². The summed E-state index contributed by atoms with van der Waals surface area (Å²) in [6, 6.07) is 6.84. The van der Waals surface area contributed by atoms with Crippen molar-refractivity contribution >= 4 is 0 Å². The lowest BCUT2D eigenvalue weighted by atomic mass is 10.1. The first-order chi connectivity index (χ1) is 11.1. The van der Waals surface area contributed by atoms with Gasteiger partial charge in [-0.15, -0.1) is 6.58 Å². The van der Waals surface area contributed by atoms with Crippen molar-refractivity contribution in [2.75, 3.05) is 13.2 Å². The molecule has 124 valence electrons. The number of hydrogen-bond donors (Lipinski definition) is 1. The molecule has 0 aliphatic carbocycles. The average molecular weight is 317 g/mol. The van der Waals surface area contributed by atoms with Crippen LogP contribution < -0.4 is 0 Å². The zero-order valence-electron chi connectivity index (χ0n) is 13.8. The summed E-state index contributed by atoms with van der Waals surface area (Å²) in [7, 11) is 0. The van der Waals surface area contributed by atoms with Crippen LogP contribution in [0.2, 0.25) is 0 Å². The van der Waals surface area contributed by atoms with E-state index in [1.165, 1.54) is 6.07 Å². The second-order valence-corrected chi connectivity index (χ2v) is 5.65. The molecule has 0 saturated carbocycles. The van der Waals surface area contributed by atoms with Crippen molar-refractivity contribution in [3.63, 3.8) is 0 Å². The fourth-order valence-corrected chi connectivity index (χ4v) is 2.73. The Bertz CT molecular complexity index is 666. The summed E-state index contributed by atoms with van der Waals surface area (Å²) in [5, 5.41) is 13.6. The molecule has 5 heteroatoms. The second kappa shape index (κ2) is 8.04. The quantitative estimate of drug-likeness (QED) is 0.761. The number of rotatable bonds is 8. The highest BCUT2D eigenvalue weighted by atomic mass is 19.1. The largest absolute Gasteiger partial charge is 0.394 e. The minimum absolute atomic E-state index is 0.0625. The summed E-state index contributed by atoms with van der Waals surface area (Å²) < 4.78 is 15.7. The second-order valence-electron chi connectivity index (χ2n) is 5.65. The molecular weight excluding hydrogens is 293 g/mol. The van der Waals surface area contributed by atoms with Crippen LogP contribution >= 0.6 is 0 Å². The molecule has 2 rings (SSSR count). The van der Waals surface area contributed by atoms with Gasteiger partial charge in [0.25, 0.3) is 0 Å². The Balaban J connectivity index is 2.20. The number of aliphatic hydroxyl groups excluding tert-OH is 1. The van der Waals surface area contributed by atoms with E-state index >= 15 is 0 Å². The summed E-state index contributed by atoms with van der Waals surface area (Å²) in [6.45, 7) is 10.2. The van der Waals surface area contributed by atoms with E-state index in [2.05, 4.69) is 16.6 Å². The highest BCUT2D eigenvalue weighted by Crippen LogP contribution is 2.18. The molecule has 1 aromatic heterocycles. The van der Waals surface area contributed by atoms with Gasteiger partial charge in [-0.3, -0.25) is 9.58 Å². The molecule has 0 atom stereocenters. The van der Waals surface area contributed by atoms with Crippen LogP contribution in [0.5, 0.6) is 0 Å². The lowest BCUT2D eigenvalue weighted by molar-refractivity contribution is 0.266. The van der Waals surface area contributed by atoms with Gasteiger partial charge in [-0.1, -0.05) is 24.3 Å². The van der Waals surface area contributed by atoms with Crippen LogP contribution in [0.3, 0.4) is 0 Å². The van der Waals surface area contributed by atoms with Gasteiger partial charge in [-0.05, 0) is 19.9 Å². The van der Waals surface area contributed by atoms with Gasteiger partial charge in [0.05, 0.1) is 18.8 Å². The number of halogens is 1. The third-order valence-corrected chi connectivity index (χ3v) is 3.96. The van der Waals surface area contributed by atoms with Crippen LogP contribution in [0, 0.1) is 19.7 Å². The molecule has 1 heterocycles. The molecule has 0 aliphatic heterocycles. The molecular formula is C18H24FN3O. The van der Waals surface area contributed by atoms with Gasteiger partial charge in [-0.2, -0.15) is 5.10 Å². The smallest absolute Gasteiger partial charge is 0.127 e. The Hall–Kier alpha value is -1.98. The summed E-state index contributed by atoms with van der Waals surface area (Å²) >= 11 is 0. The Morgan fingerprint density at radius 2 is 2.04 bits per heavy atom. The Morgan fingerprint density at radius 1 is 1.30 bits per heavy atom. The molecule has 0 bridgehead atoms. The maximum absolute atomic E-state index is 13.9. The van der Waals surface area contributed by atoms with E-state index in [1.807, 2.05) is 30.7 Å². The Morgan fingerprint density at radius 3 is 2.70 bits per heavy atom. The molecule has 0 unspecified atom stereocenters. The van der Waals surface area contributed by atoms with E-state index in [9.17, 15) is 4.39 Å². The highest BCUT2D eigenvalue weighted by Gasteiger charge is 2.15. The number of aliphatic hydroxyl groups is 1. The van der Waals surface area contributed by atoms with E-state index < -0.39 is 0 Å². The Labute approximate surface area is 136 Å². The summed E-state index contributed by atoms with van der Waals surface area (Å²) in [5.74, 6) is -0.189. The molecule has 0 aliphatic rings. The highest BCUT2D eigenvalue weighted by molar-refractivity contribution is 5.25. The first kappa shape index (κ1) is 17.4. The molecule has 2 aromatic rings. The lowest BCUT2D eigenvalue weighted by Gasteiger charge is -2.21. The van der Waals surface area contributed by atoms with Crippen molar-refractivity contribution in [1.29, 1.82) is 0 Å². The van der Waals surface area contributed by atoms with E-state index in [4.69, 9.17) is 5.11 Å². The van der Waals surface area contributed by atoms with Crippen molar-refractivity contribution in [3.05, 3.63) is 65.3 Å². The normalized spacial score (nSPS) is 11.2. The molecule has 0 saturated heterocycles. The van der Waals surface area contributed by atoms with Crippen LogP contribution in [-0.2, 0) is 19.6 Å². The monoisotopic (exact) mass is 317 g/mol. The van der Waals surface area contributed by atoms with Crippen molar-refractivity contribution in [2.24, 2.45) is 0 Å². The maximum Gasteiger partial charge on any atom is 0.127 e. The first-order valence-corrected chi connectivity index (χ1v) is 7.77. The number of aryl methyl sites for hydroxylation is 1. The molecule has 1 aromatic carbocycles. The molecule has 1 N–H and O–H groups in total. The summed E-state index contributed by atoms with van der Waals surface area (Å²) in [4.78, 5) is 2.13. The first-order valence-electron chi connectivity index (χ1n) is 7.77. The van der Waals surface area contributed by atoms with Gasteiger partial charge in [0.15, 0.2) is 0 Å². The number of benzene rings is 1. The third-order valence-electron chi connectivity index (χ3n) is 3.96. The van der Waals surface area contributed by atoms with Crippen LogP contribution in [0.4, 0.5) is 4.39 Å². The predicted octanol–water partition coefficient (Wildman–Crippen LogP) is 2.82. The topological polar surface area (TPSA) is 41.3 Å². The van der Waals surface area contributed by atoms with Crippen LogP contribution in [0.25, 0.3) is 0 Å². The van der Waals surface area contributed by atoms with E-state index in [1.54, 1.807) is 12.1 Å². The van der Waals surface area contributed by atoms with Gasteiger partial charge < -0.3 is 5.11 Å². The molecule has 0 amide bonds. The van der Waals surface area contributed by atoms with Crippen molar-refractivity contribution in [1.82, 2.24) is 14.7 Å². The predicted molar refractivity (Wildman–Crippen MR) is 89.5 cm³/mol. The number of nitrogens with zero attached hydrogens (tertiary/aromatic N) is 3. The zero-order chi connectivity index (χ0) is 16.8. The molecule has 0 spiro atoms. The van der Waals surface area contributed by atoms with Crippen molar-refractivity contribution < 1.29 is 9.50 Å². The van der Waals surface area contributed by atoms with Gasteiger partial charge >= 0.3 is 0 Å². The molecule has 0 radical (unpaired) electrons. The fraction of sp³-hybridized carbons (Fsp3) is 0.389. The third kappa shape index (κ3) is 4.27. The Kier molecular flexibility index (Phi) is 6.07. The molecule has 23 heavy (non-hydrogen) atoms. The maximum atomic E-state index is 13.9. The van der Waals surface area contributed by atoms with Gasteiger partial charge in [0, 0.05) is 36.5 Å². The minimum Gasteiger partial charge on any atom is -0.394 e. The molecule has 0 fully saturated rings. The molecule has 4 nitrogen and oxygen atoms in total.